The summed E-state index contributed by atoms with van der Waals surface area (Å²) in [6, 6.07) is 6.06. The van der Waals surface area contributed by atoms with E-state index in [1.165, 1.54) is 11.3 Å². The summed E-state index contributed by atoms with van der Waals surface area (Å²) in [5.41, 5.74) is 8.76. The summed E-state index contributed by atoms with van der Waals surface area (Å²) < 4.78 is 0. The van der Waals surface area contributed by atoms with Crippen molar-refractivity contribution in [3.05, 3.63) is 40.4 Å². The van der Waals surface area contributed by atoms with Crippen LogP contribution in [0.1, 0.15) is 21.6 Å². The molecule has 0 aliphatic rings. The third-order valence-corrected chi connectivity index (χ3v) is 3.23. The molecule has 88 valence electrons. The predicted molar refractivity (Wildman–Crippen MR) is 69.8 cm³/mol. The van der Waals surface area contributed by atoms with E-state index < -0.39 is 5.91 Å². The predicted octanol–water partition coefficient (Wildman–Crippen LogP) is 2.60. The minimum absolute atomic E-state index is 0.295. The fraction of sp³-hybridized carbons (Fsp3) is 0.167. The highest BCUT2D eigenvalue weighted by atomic mass is 32.1. The fourth-order valence-corrected chi connectivity index (χ4v) is 2.27. The summed E-state index contributed by atoms with van der Waals surface area (Å²) in [6.45, 7) is 4.05. The molecule has 2 aromatic rings. The highest BCUT2D eigenvalue weighted by molar-refractivity contribution is 7.14. The molecule has 1 aromatic carbocycles. The quantitative estimate of drug-likeness (QED) is 0.876. The van der Waals surface area contributed by atoms with Crippen LogP contribution in [0.5, 0.6) is 0 Å². The number of aromatic nitrogens is 1. The summed E-state index contributed by atoms with van der Waals surface area (Å²) in [7, 11) is 0. The number of nitrogens with two attached hydrogens (primary N) is 1. The van der Waals surface area contributed by atoms with E-state index in [0.29, 0.717) is 10.8 Å². The Labute approximate surface area is 103 Å². The van der Waals surface area contributed by atoms with Crippen molar-refractivity contribution in [1.29, 1.82) is 0 Å². The summed E-state index contributed by atoms with van der Waals surface area (Å²) >= 11 is 1.37. The van der Waals surface area contributed by atoms with Gasteiger partial charge in [-0.15, -0.1) is 11.3 Å². The second-order valence-corrected chi connectivity index (χ2v) is 4.65. The van der Waals surface area contributed by atoms with Crippen LogP contribution in [0.3, 0.4) is 0 Å². The molecule has 0 aliphatic heterocycles. The zero-order chi connectivity index (χ0) is 12.4. The molecule has 0 atom stereocenters. The zero-order valence-electron chi connectivity index (χ0n) is 9.65. The van der Waals surface area contributed by atoms with Crippen molar-refractivity contribution in [3.63, 3.8) is 0 Å². The second-order valence-electron chi connectivity index (χ2n) is 3.79. The lowest BCUT2D eigenvalue weighted by atomic mass is 10.1. The van der Waals surface area contributed by atoms with Gasteiger partial charge in [0.15, 0.2) is 5.13 Å². The van der Waals surface area contributed by atoms with Gasteiger partial charge >= 0.3 is 0 Å². The van der Waals surface area contributed by atoms with Gasteiger partial charge in [0.05, 0.1) is 0 Å². The SMILES string of the molecule is Cc1cccc(C)c1Nc1nc(C(N)=O)cs1. The van der Waals surface area contributed by atoms with Gasteiger partial charge in [-0.25, -0.2) is 4.98 Å². The number of hydrogen-bond acceptors (Lipinski definition) is 4. The third kappa shape index (κ3) is 2.45. The Balaban J connectivity index is 2.28. The average molecular weight is 247 g/mol. The Morgan fingerprint density at radius 2 is 2.00 bits per heavy atom. The molecule has 17 heavy (non-hydrogen) atoms. The minimum atomic E-state index is -0.504. The van der Waals surface area contributed by atoms with Crippen LogP contribution in [0.2, 0.25) is 0 Å². The van der Waals surface area contributed by atoms with E-state index >= 15 is 0 Å². The monoisotopic (exact) mass is 247 g/mol. The number of benzene rings is 1. The van der Waals surface area contributed by atoms with Crippen LogP contribution in [0.15, 0.2) is 23.6 Å². The van der Waals surface area contributed by atoms with Gasteiger partial charge < -0.3 is 11.1 Å². The van der Waals surface area contributed by atoms with Gasteiger partial charge in [-0.2, -0.15) is 0 Å². The van der Waals surface area contributed by atoms with E-state index in [9.17, 15) is 4.79 Å². The summed E-state index contributed by atoms with van der Waals surface area (Å²) in [5.74, 6) is -0.504. The molecule has 1 heterocycles. The third-order valence-electron chi connectivity index (χ3n) is 2.47. The lowest BCUT2D eigenvalue weighted by molar-refractivity contribution is 0.0996. The number of carbonyl (C=O) groups excluding carboxylic acids is 1. The number of rotatable bonds is 3. The van der Waals surface area contributed by atoms with Crippen LogP contribution in [0.25, 0.3) is 0 Å². The fourth-order valence-electron chi connectivity index (χ4n) is 1.56. The van der Waals surface area contributed by atoms with Gasteiger partial charge in [-0.3, -0.25) is 4.79 Å². The van der Waals surface area contributed by atoms with Gasteiger partial charge in [0.25, 0.3) is 5.91 Å². The van der Waals surface area contributed by atoms with Crippen LogP contribution in [-0.2, 0) is 0 Å². The van der Waals surface area contributed by atoms with Crippen molar-refractivity contribution in [3.8, 4) is 0 Å². The number of carbonyl (C=O) groups is 1. The second kappa shape index (κ2) is 4.55. The summed E-state index contributed by atoms with van der Waals surface area (Å²) in [4.78, 5) is 15.1. The first-order chi connectivity index (χ1) is 8.08. The maximum absolute atomic E-state index is 10.9. The van der Waals surface area contributed by atoms with Crippen LogP contribution in [0.4, 0.5) is 10.8 Å². The topological polar surface area (TPSA) is 68.0 Å². The molecule has 0 radical (unpaired) electrons. The normalized spacial score (nSPS) is 10.2. The molecule has 0 saturated heterocycles. The Morgan fingerprint density at radius 1 is 1.35 bits per heavy atom. The number of thiazole rings is 1. The molecule has 5 heteroatoms. The largest absolute Gasteiger partial charge is 0.364 e. The van der Waals surface area contributed by atoms with Gasteiger partial charge in [0.2, 0.25) is 0 Å². The molecule has 1 aromatic heterocycles. The number of primary amides is 1. The molecule has 0 unspecified atom stereocenters. The van der Waals surface area contributed by atoms with E-state index in [1.54, 1.807) is 5.38 Å². The standard InChI is InChI=1S/C12H13N3OS/c1-7-4-3-5-8(2)10(7)15-12-14-9(6-17-12)11(13)16/h3-6H,1-2H3,(H2,13,16)(H,14,15). The molecule has 0 saturated carbocycles. The number of nitrogens with zero attached hydrogens (tertiary/aromatic N) is 1. The number of hydrogen-bond donors (Lipinski definition) is 2. The molecule has 0 fully saturated rings. The maximum Gasteiger partial charge on any atom is 0.268 e. The van der Waals surface area contributed by atoms with Crippen LogP contribution in [-0.4, -0.2) is 10.9 Å². The van der Waals surface area contributed by atoms with Crippen molar-refractivity contribution in [2.24, 2.45) is 5.73 Å². The van der Waals surface area contributed by atoms with Gasteiger partial charge in [0.1, 0.15) is 5.69 Å². The number of amides is 1. The highest BCUT2D eigenvalue weighted by Crippen LogP contribution is 2.26. The van der Waals surface area contributed by atoms with Crippen molar-refractivity contribution < 1.29 is 4.79 Å². The zero-order valence-corrected chi connectivity index (χ0v) is 10.5. The smallest absolute Gasteiger partial charge is 0.268 e. The lowest BCUT2D eigenvalue weighted by Gasteiger charge is -2.09. The van der Waals surface area contributed by atoms with Gasteiger partial charge in [0, 0.05) is 11.1 Å². The highest BCUT2D eigenvalue weighted by Gasteiger charge is 2.08. The van der Waals surface area contributed by atoms with Crippen molar-refractivity contribution in [2.45, 2.75) is 13.8 Å². The lowest BCUT2D eigenvalue weighted by Crippen LogP contribution is -2.11. The van der Waals surface area contributed by atoms with Gasteiger partial charge in [-0.1, -0.05) is 18.2 Å². The Hall–Kier alpha value is -1.88. The molecular weight excluding hydrogens is 234 g/mol. The first-order valence-electron chi connectivity index (χ1n) is 5.16. The van der Waals surface area contributed by atoms with Crippen molar-refractivity contribution >= 4 is 28.1 Å². The molecule has 4 nitrogen and oxygen atoms in total. The number of nitrogens with one attached hydrogen (secondary N) is 1. The molecule has 0 aliphatic carbocycles. The average Bonchev–Trinajstić information content (AvgIpc) is 2.72. The van der Waals surface area contributed by atoms with Crippen LogP contribution in [0, 0.1) is 13.8 Å². The van der Waals surface area contributed by atoms with Crippen LogP contribution >= 0.6 is 11.3 Å². The first kappa shape index (κ1) is 11.6. The Bertz CT molecular complexity index is 542. The van der Waals surface area contributed by atoms with Crippen LogP contribution < -0.4 is 11.1 Å². The molecule has 0 bridgehead atoms. The summed E-state index contributed by atoms with van der Waals surface area (Å²) in [6.07, 6.45) is 0. The molecule has 1 amide bonds. The van der Waals surface area contributed by atoms with Crippen molar-refractivity contribution in [2.75, 3.05) is 5.32 Å². The Kier molecular flexibility index (Phi) is 3.10. The molecule has 3 N–H and O–H groups in total. The first-order valence-corrected chi connectivity index (χ1v) is 6.04. The number of para-hydroxylation sites is 1. The van der Waals surface area contributed by atoms with Gasteiger partial charge in [-0.05, 0) is 25.0 Å². The number of aryl methyl sites for hydroxylation is 2. The van der Waals surface area contributed by atoms with Crippen molar-refractivity contribution in [1.82, 2.24) is 4.98 Å². The molecule has 2 rings (SSSR count). The molecule has 0 spiro atoms. The van der Waals surface area contributed by atoms with E-state index in [4.69, 9.17) is 5.73 Å². The van der Waals surface area contributed by atoms with E-state index in [-0.39, 0.29) is 0 Å². The van der Waals surface area contributed by atoms with E-state index in [1.807, 2.05) is 32.0 Å². The van der Waals surface area contributed by atoms with E-state index in [2.05, 4.69) is 10.3 Å². The minimum Gasteiger partial charge on any atom is -0.364 e. The van der Waals surface area contributed by atoms with E-state index in [0.717, 1.165) is 16.8 Å². The maximum atomic E-state index is 10.9. The number of anilines is 2. The Morgan fingerprint density at radius 3 is 2.53 bits per heavy atom. The molecular formula is C12H13N3OS. The summed E-state index contributed by atoms with van der Waals surface area (Å²) in [5, 5.41) is 5.54.